The summed E-state index contributed by atoms with van der Waals surface area (Å²) < 4.78 is 17.9. The lowest BCUT2D eigenvalue weighted by atomic mass is 9.92. The number of hydrogen-bond donors (Lipinski definition) is 1. The molecule has 1 N–H and O–H groups in total. The minimum absolute atomic E-state index is 0.237. The second-order valence-corrected chi connectivity index (χ2v) is 4.19. The lowest BCUT2D eigenvalue weighted by molar-refractivity contribution is -0.147. The molecule has 0 spiro atoms. The molecule has 1 rings (SSSR count). The molecule has 4 heteroatoms. The molecule has 1 aromatic rings. The van der Waals surface area contributed by atoms with Crippen molar-refractivity contribution in [3.05, 3.63) is 35.6 Å². The van der Waals surface area contributed by atoms with Gasteiger partial charge in [0.15, 0.2) is 0 Å². The SMILES string of the molecule is C#CCNC(C)(Cc1cccc(F)c1)C(=O)OC. The maximum Gasteiger partial charge on any atom is 0.326 e. The van der Waals surface area contributed by atoms with Crippen LogP contribution in [0.25, 0.3) is 0 Å². The van der Waals surface area contributed by atoms with Crippen LogP contribution in [0.5, 0.6) is 0 Å². The molecule has 0 aromatic heterocycles. The Kier molecular flexibility index (Phi) is 4.87. The molecule has 96 valence electrons. The van der Waals surface area contributed by atoms with Gasteiger partial charge < -0.3 is 4.74 Å². The number of rotatable bonds is 5. The predicted molar refractivity (Wildman–Crippen MR) is 67.4 cm³/mol. The van der Waals surface area contributed by atoms with Crippen LogP contribution in [-0.2, 0) is 16.0 Å². The number of carbonyl (C=O) groups excluding carboxylic acids is 1. The van der Waals surface area contributed by atoms with E-state index in [1.54, 1.807) is 19.1 Å². The Hall–Kier alpha value is -1.86. The normalized spacial score (nSPS) is 13.4. The standard InChI is InChI=1S/C14H16FNO2/c1-4-8-16-14(2,13(17)18-3)10-11-6-5-7-12(15)9-11/h1,5-7,9,16H,8,10H2,2-3H3. The lowest BCUT2D eigenvalue weighted by Gasteiger charge is -2.27. The highest BCUT2D eigenvalue weighted by Gasteiger charge is 2.33. The number of hydrogen-bond acceptors (Lipinski definition) is 3. The molecule has 0 bridgehead atoms. The topological polar surface area (TPSA) is 38.3 Å². The van der Waals surface area contributed by atoms with Crippen molar-refractivity contribution >= 4 is 5.97 Å². The molecular weight excluding hydrogens is 233 g/mol. The smallest absolute Gasteiger partial charge is 0.326 e. The fourth-order valence-electron chi connectivity index (χ4n) is 1.73. The Morgan fingerprint density at radius 1 is 1.61 bits per heavy atom. The molecule has 0 fully saturated rings. The van der Waals surface area contributed by atoms with Crippen molar-refractivity contribution in [1.29, 1.82) is 0 Å². The minimum atomic E-state index is -0.963. The van der Waals surface area contributed by atoms with Crippen molar-refractivity contribution in [2.75, 3.05) is 13.7 Å². The molecule has 0 aliphatic carbocycles. The lowest BCUT2D eigenvalue weighted by Crippen LogP contribution is -2.52. The van der Waals surface area contributed by atoms with Crippen LogP contribution in [-0.4, -0.2) is 25.2 Å². The van der Waals surface area contributed by atoms with Gasteiger partial charge in [-0.25, -0.2) is 4.39 Å². The molecule has 0 heterocycles. The third kappa shape index (κ3) is 3.57. The third-order valence-corrected chi connectivity index (χ3v) is 2.66. The largest absolute Gasteiger partial charge is 0.468 e. The summed E-state index contributed by atoms with van der Waals surface area (Å²) in [6.45, 7) is 1.92. The van der Waals surface area contributed by atoms with E-state index in [1.165, 1.54) is 19.2 Å². The van der Waals surface area contributed by atoms with E-state index in [1.807, 2.05) is 0 Å². The third-order valence-electron chi connectivity index (χ3n) is 2.66. The zero-order valence-corrected chi connectivity index (χ0v) is 10.5. The highest BCUT2D eigenvalue weighted by molar-refractivity contribution is 5.80. The van der Waals surface area contributed by atoms with E-state index in [9.17, 15) is 9.18 Å². The van der Waals surface area contributed by atoms with Gasteiger partial charge in [-0.05, 0) is 24.6 Å². The summed E-state index contributed by atoms with van der Waals surface area (Å²) in [6, 6.07) is 6.10. The summed E-state index contributed by atoms with van der Waals surface area (Å²) in [5, 5.41) is 2.93. The molecule has 0 aliphatic rings. The summed E-state index contributed by atoms with van der Waals surface area (Å²) in [6.07, 6.45) is 5.47. The Bertz CT molecular complexity index is 467. The monoisotopic (exact) mass is 249 g/mol. The molecule has 3 nitrogen and oxygen atoms in total. The van der Waals surface area contributed by atoms with Gasteiger partial charge >= 0.3 is 5.97 Å². The van der Waals surface area contributed by atoms with Gasteiger partial charge in [0.25, 0.3) is 0 Å². The number of nitrogens with one attached hydrogen (secondary N) is 1. The zero-order chi connectivity index (χ0) is 13.6. The van der Waals surface area contributed by atoms with Gasteiger partial charge in [-0.2, -0.15) is 0 Å². The highest BCUT2D eigenvalue weighted by atomic mass is 19.1. The van der Waals surface area contributed by atoms with E-state index < -0.39 is 11.5 Å². The molecular formula is C14H16FNO2. The summed E-state index contributed by atoms with van der Waals surface area (Å²) >= 11 is 0. The summed E-state index contributed by atoms with van der Waals surface area (Å²) in [4.78, 5) is 11.8. The minimum Gasteiger partial charge on any atom is -0.468 e. The predicted octanol–water partition coefficient (Wildman–Crippen LogP) is 1.52. The van der Waals surface area contributed by atoms with Gasteiger partial charge in [-0.3, -0.25) is 10.1 Å². The van der Waals surface area contributed by atoms with E-state index in [-0.39, 0.29) is 12.4 Å². The van der Waals surface area contributed by atoms with Gasteiger partial charge in [0.2, 0.25) is 0 Å². The highest BCUT2D eigenvalue weighted by Crippen LogP contribution is 2.16. The summed E-state index contributed by atoms with van der Waals surface area (Å²) in [5.74, 6) is 1.64. The second-order valence-electron chi connectivity index (χ2n) is 4.19. The van der Waals surface area contributed by atoms with E-state index in [0.29, 0.717) is 12.0 Å². The number of carbonyl (C=O) groups is 1. The molecule has 0 radical (unpaired) electrons. The van der Waals surface area contributed by atoms with Crippen LogP contribution in [0.15, 0.2) is 24.3 Å². The van der Waals surface area contributed by atoms with Crippen molar-refractivity contribution in [3.63, 3.8) is 0 Å². The van der Waals surface area contributed by atoms with Crippen molar-refractivity contribution in [2.24, 2.45) is 0 Å². The molecule has 1 atom stereocenters. The van der Waals surface area contributed by atoms with Crippen LogP contribution in [0, 0.1) is 18.2 Å². The summed E-state index contributed by atoms with van der Waals surface area (Å²) in [5.41, 5.74) is -0.262. The number of methoxy groups -OCH3 is 1. The van der Waals surface area contributed by atoms with Crippen LogP contribution in [0.2, 0.25) is 0 Å². The Balaban J connectivity index is 2.91. The maximum absolute atomic E-state index is 13.1. The first-order chi connectivity index (χ1) is 8.51. The molecule has 0 amide bonds. The first-order valence-electron chi connectivity index (χ1n) is 5.53. The van der Waals surface area contributed by atoms with Gasteiger partial charge in [0.1, 0.15) is 11.4 Å². The van der Waals surface area contributed by atoms with Crippen molar-refractivity contribution < 1.29 is 13.9 Å². The molecule has 0 saturated heterocycles. The fraction of sp³-hybridized carbons (Fsp3) is 0.357. The zero-order valence-electron chi connectivity index (χ0n) is 10.5. The maximum atomic E-state index is 13.1. The van der Waals surface area contributed by atoms with Crippen LogP contribution in [0.1, 0.15) is 12.5 Å². The first kappa shape index (κ1) is 14.2. The number of ether oxygens (including phenoxy) is 1. The number of terminal acetylenes is 1. The van der Waals surface area contributed by atoms with Crippen LogP contribution >= 0.6 is 0 Å². The van der Waals surface area contributed by atoms with E-state index >= 15 is 0 Å². The Morgan fingerprint density at radius 3 is 2.89 bits per heavy atom. The van der Waals surface area contributed by atoms with E-state index in [2.05, 4.69) is 11.2 Å². The van der Waals surface area contributed by atoms with Crippen LogP contribution < -0.4 is 5.32 Å². The van der Waals surface area contributed by atoms with Gasteiger partial charge in [0, 0.05) is 6.42 Å². The average molecular weight is 249 g/mol. The quantitative estimate of drug-likeness (QED) is 0.635. The van der Waals surface area contributed by atoms with Gasteiger partial charge in [-0.1, -0.05) is 18.1 Å². The molecule has 0 saturated carbocycles. The van der Waals surface area contributed by atoms with Gasteiger partial charge in [0.05, 0.1) is 13.7 Å². The van der Waals surface area contributed by atoms with Crippen LogP contribution in [0.3, 0.4) is 0 Å². The van der Waals surface area contributed by atoms with Crippen LogP contribution in [0.4, 0.5) is 4.39 Å². The molecule has 1 aromatic carbocycles. The van der Waals surface area contributed by atoms with Crippen molar-refractivity contribution in [2.45, 2.75) is 18.9 Å². The van der Waals surface area contributed by atoms with Crippen molar-refractivity contribution in [1.82, 2.24) is 5.32 Å². The fourth-order valence-corrected chi connectivity index (χ4v) is 1.73. The number of esters is 1. The number of benzene rings is 1. The van der Waals surface area contributed by atoms with Gasteiger partial charge in [-0.15, -0.1) is 6.42 Å². The first-order valence-corrected chi connectivity index (χ1v) is 5.53. The molecule has 1 unspecified atom stereocenters. The van der Waals surface area contributed by atoms with Crippen molar-refractivity contribution in [3.8, 4) is 12.3 Å². The second kappa shape index (κ2) is 6.18. The number of halogens is 1. The Labute approximate surface area is 106 Å². The molecule has 0 aliphatic heterocycles. The van der Waals surface area contributed by atoms with E-state index in [4.69, 9.17) is 11.2 Å². The average Bonchev–Trinajstić information content (AvgIpc) is 2.35. The Morgan fingerprint density at radius 2 is 2.33 bits per heavy atom. The van der Waals surface area contributed by atoms with E-state index in [0.717, 1.165) is 0 Å². The summed E-state index contributed by atoms with van der Waals surface area (Å²) in [7, 11) is 1.31. The molecule has 18 heavy (non-hydrogen) atoms.